The number of benzene rings is 3. The van der Waals surface area contributed by atoms with Gasteiger partial charge in [0.25, 0.3) is 10.0 Å². The zero-order chi connectivity index (χ0) is 27.2. The van der Waals surface area contributed by atoms with Crippen LogP contribution in [0.5, 0.6) is 0 Å². The maximum Gasteiger partial charge on any atom is 0.264 e. The van der Waals surface area contributed by atoms with Crippen molar-refractivity contribution in [1.82, 2.24) is 10.2 Å². The molecule has 0 spiro atoms. The van der Waals surface area contributed by atoms with Gasteiger partial charge >= 0.3 is 0 Å². The first-order valence-corrected chi connectivity index (χ1v) is 14.3. The molecule has 10 heteroatoms. The van der Waals surface area contributed by atoms with Gasteiger partial charge in [0.05, 0.1) is 10.6 Å². The van der Waals surface area contributed by atoms with E-state index < -0.39 is 28.5 Å². The van der Waals surface area contributed by atoms with Gasteiger partial charge in [-0.1, -0.05) is 57.9 Å². The molecule has 2 amide bonds. The van der Waals surface area contributed by atoms with Crippen molar-refractivity contribution in [2.75, 3.05) is 10.8 Å². The second-order valence-electron chi connectivity index (χ2n) is 8.79. The van der Waals surface area contributed by atoms with Crippen LogP contribution in [0, 0.1) is 0 Å². The number of carbonyl (C=O) groups excluding carboxylic acids is 2. The molecule has 0 aliphatic heterocycles. The van der Waals surface area contributed by atoms with E-state index in [0.29, 0.717) is 10.7 Å². The van der Waals surface area contributed by atoms with Gasteiger partial charge < -0.3 is 10.2 Å². The molecule has 0 aliphatic carbocycles. The highest BCUT2D eigenvalue weighted by Gasteiger charge is 2.32. The summed E-state index contributed by atoms with van der Waals surface area (Å²) in [5, 5.41) is 3.37. The van der Waals surface area contributed by atoms with E-state index in [4.69, 9.17) is 11.6 Å². The summed E-state index contributed by atoms with van der Waals surface area (Å²) in [6.45, 7) is 4.89. The van der Waals surface area contributed by atoms with Gasteiger partial charge in [0, 0.05) is 22.1 Å². The average Bonchev–Trinajstić information content (AvgIpc) is 2.87. The van der Waals surface area contributed by atoms with E-state index in [1.165, 1.54) is 17.0 Å². The maximum atomic E-state index is 13.8. The van der Waals surface area contributed by atoms with E-state index in [0.717, 1.165) is 14.3 Å². The van der Waals surface area contributed by atoms with E-state index in [1.54, 1.807) is 73.7 Å². The number of amides is 2. The monoisotopic (exact) mass is 605 g/mol. The van der Waals surface area contributed by atoms with Gasteiger partial charge in [-0.15, -0.1) is 0 Å². The molecule has 0 saturated heterocycles. The summed E-state index contributed by atoms with van der Waals surface area (Å²) in [6, 6.07) is 20.5. The molecule has 0 bridgehead atoms. The molecule has 1 atom stereocenters. The first-order valence-electron chi connectivity index (χ1n) is 11.7. The molecule has 1 unspecified atom stereocenters. The summed E-state index contributed by atoms with van der Waals surface area (Å²) in [4.78, 5) is 28.1. The van der Waals surface area contributed by atoms with Gasteiger partial charge in [0.2, 0.25) is 11.8 Å². The number of carbonyl (C=O) groups is 2. The largest absolute Gasteiger partial charge is 0.352 e. The molecule has 3 aromatic rings. The van der Waals surface area contributed by atoms with Crippen molar-refractivity contribution in [2.24, 2.45) is 0 Å². The van der Waals surface area contributed by atoms with Crippen molar-refractivity contribution < 1.29 is 18.0 Å². The molecule has 0 radical (unpaired) electrons. The highest BCUT2D eigenvalue weighted by atomic mass is 79.9. The molecule has 0 fully saturated rings. The van der Waals surface area contributed by atoms with Crippen LogP contribution in [-0.4, -0.2) is 43.8 Å². The van der Waals surface area contributed by atoms with Gasteiger partial charge in [-0.25, -0.2) is 8.42 Å². The number of hydrogen-bond donors (Lipinski definition) is 1. The maximum absolute atomic E-state index is 13.8. The van der Waals surface area contributed by atoms with Crippen LogP contribution in [0.4, 0.5) is 5.69 Å². The van der Waals surface area contributed by atoms with Crippen LogP contribution in [0.3, 0.4) is 0 Å². The number of hydrogen-bond acceptors (Lipinski definition) is 4. The van der Waals surface area contributed by atoms with Crippen molar-refractivity contribution in [2.45, 2.75) is 44.3 Å². The van der Waals surface area contributed by atoms with Crippen molar-refractivity contribution in [3.8, 4) is 0 Å². The van der Waals surface area contributed by atoms with Crippen LogP contribution in [-0.2, 0) is 26.2 Å². The molecule has 3 aromatic carbocycles. The van der Waals surface area contributed by atoms with Crippen LogP contribution in [0.1, 0.15) is 26.3 Å². The van der Waals surface area contributed by atoms with Crippen LogP contribution in [0.15, 0.2) is 88.2 Å². The lowest BCUT2D eigenvalue weighted by atomic mass is 10.1. The quantitative estimate of drug-likeness (QED) is 0.342. The normalized spacial score (nSPS) is 12.2. The van der Waals surface area contributed by atoms with Crippen molar-refractivity contribution in [3.63, 3.8) is 0 Å². The van der Waals surface area contributed by atoms with E-state index in [-0.39, 0.29) is 23.4 Å². The summed E-state index contributed by atoms with van der Waals surface area (Å²) in [5.41, 5.74) is 1.08. The fourth-order valence-electron chi connectivity index (χ4n) is 3.63. The van der Waals surface area contributed by atoms with E-state index in [2.05, 4.69) is 21.2 Å². The molecular weight excluding hydrogens is 578 g/mol. The molecule has 1 N–H and O–H groups in total. The lowest BCUT2D eigenvalue weighted by Crippen LogP contribution is -2.52. The smallest absolute Gasteiger partial charge is 0.264 e. The Kier molecular flexibility index (Phi) is 9.75. The molecule has 0 saturated carbocycles. The Labute approximate surface area is 231 Å². The minimum absolute atomic E-state index is 0.0561. The molecular formula is C27H29BrClN3O4S. The van der Waals surface area contributed by atoms with Crippen molar-refractivity contribution in [1.29, 1.82) is 0 Å². The molecule has 37 heavy (non-hydrogen) atoms. The number of nitrogens with zero attached hydrogens (tertiary/aromatic N) is 2. The second kappa shape index (κ2) is 12.6. The number of anilines is 1. The highest BCUT2D eigenvalue weighted by molar-refractivity contribution is 9.10. The molecule has 0 heterocycles. The average molecular weight is 607 g/mol. The molecule has 0 aromatic heterocycles. The SMILES string of the molecule is CC(C)NC(=O)C(C)N(Cc1ccc(Cl)cc1)C(=O)CN(c1ccc(Br)cc1)S(=O)(=O)c1ccccc1. The van der Waals surface area contributed by atoms with Crippen LogP contribution < -0.4 is 9.62 Å². The summed E-state index contributed by atoms with van der Waals surface area (Å²) in [7, 11) is -4.09. The number of rotatable bonds is 10. The minimum Gasteiger partial charge on any atom is -0.352 e. The van der Waals surface area contributed by atoms with Crippen LogP contribution in [0.2, 0.25) is 5.02 Å². The Bertz CT molecular complexity index is 1320. The van der Waals surface area contributed by atoms with Gasteiger partial charge in [0.1, 0.15) is 12.6 Å². The Morgan fingerprint density at radius 3 is 2.08 bits per heavy atom. The number of halogens is 2. The van der Waals surface area contributed by atoms with Gasteiger partial charge in [0.15, 0.2) is 0 Å². The van der Waals surface area contributed by atoms with Gasteiger partial charge in [-0.05, 0) is 74.9 Å². The molecule has 196 valence electrons. The van der Waals surface area contributed by atoms with Crippen LogP contribution in [0.25, 0.3) is 0 Å². The van der Waals surface area contributed by atoms with E-state index in [1.807, 2.05) is 13.8 Å². The Morgan fingerprint density at radius 1 is 0.919 bits per heavy atom. The standard InChI is InChI=1S/C27H29BrClN3O4S/c1-19(2)30-27(34)20(3)31(17-21-9-13-23(29)14-10-21)26(33)18-32(24-15-11-22(28)12-16-24)37(35,36)25-7-5-4-6-8-25/h4-16,19-20H,17-18H2,1-3H3,(H,30,34). The van der Waals surface area contributed by atoms with Crippen LogP contribution >= 0.6 is 27.5 Å². The highest BCUT2D eigenvalue weighted by Crippen LogP contribution is 2.26. The fourth-order valence-corrected chi connectivity index (χ4v) is 5.46. The second-order valence-corrected chi connectivity index (χ2v) is 12.0. The minimum atomic E-state index is -4.09. The third-order valence-corrected chi connectivity index (χ3v) is 8.16. The Morgan fingerprint density at radius 2 is 1.51 bits per heavy atom. The fraction of sp³-hybridized carbons (Fsp3) is 0.259. The topological polar surface area (TPSA) is 86.8 Å². The summed E-state index contributed by atoms with van der Waals surface area (Å²) in [5.74, 6) is -0.859. The van der Waals surface area contributed by atoms with E-state index >= 15 is 0 Å². The van der Waals surface area contributed by atoms with Gasteiger partial charge in [-0.2, -0.15) is 0 Å². The Balaban J connectivity index is 2.00. The first-order chi connectivity index (χ1) is 17.5. The zero-order valence-electron chi connectivity index (χ0n) is 20.8. The summed E-state index contributed by atoms with van der Waals surface area (Å²) < 4.78 is 29.2. The van der Waals surface area contributed by atoms with E-state index in [9.17, 15) is 18.0 Å². The molecule has 7 nitrogen and oxygen atoms in total. The molecule has 0 aliphatic rings. The third kappa shape index (κ3) is 7.56. The van der Waals surface area contributed by atoms with Gasteiger partial charge in [-0.3, -0.25) is 13.9 Å². The lowest BCUT2D eigenvalue weighted by Gasteiger charge is -2.32. The summed E-state index contributed by atoms with van der Waals surface area (Å²) >= 11 is 9.38. The number of nitrogens with one attached hydrogen (secondary N) is 1. The lowest BCUT2D eigenvalue weighted by molar-refractivity contribution is -0.139. The predicted molar refractivity (Wildman–Crippen MR) is 150 cm³/mol. The third-order valence-electron chi connectivity index (χ3n) is 5.59. The molecule has 3 rings (SSSR count). The Hall–Kier alpha value is -2.88. The van der Waals surface area contributed by atoms with Crippen molar-refractivity contribution >= 4 is 55.1 Å². The van der Waals surface area contributed by atoms with Crippen molar-refractivity contribution in [3.05, 3.63) is 93.9 Å². The first kappa shape index (κ1) is 28.7. The number of sulfonamides is 1. The summed E-state index contributed by atoms with van der Waals surface area (Å²) in [6.07, 6.45) is 0. The zero-order valence-corrected chi connectivity index (χ0v) is 23.9. The predicted octanol–water partition coefficient (Wildman–Crippen LogP) is 5.24.